The maximum absolute atomic E-state index is 13.1. The molecule has 1 saturated carbocycles. The van der Waals surface area contributed by atoms with Crippen molar-refractivity contribution in [3.63, 3.8) is 0 Å². The standard InChI is InChI=1S/C22H28FN3O4S2/c1-15-2-8-18(9-3-15)26(10-11-30-13-16-4-6-17(23)7-5-16)22(29)25-21-24-12-20(32-21)31-14-19(27)28/h4-7,12,15,18H,2-3,8-11,13-14H2,1H3,(H,27,28)(H,24,25,29)/t15-,18-. The molecule has 1 aromatic carbocycles. The van der Waals surface area contributed by atoms with Gasteiger partial charge in [-0.25, -0.2) is 14.2 Å². The quantitative estimate of drug-likeness (QED) is 0.363. The Labute approximate surface area is 195 Å². The largest absolute Gasteiger partial charge is 0.481 e. The highest BCUT2D eigenvalue weighted by Crippen LogP contribution is 2.30. The first kappa shape index (κ1) is 24.5. The molecule has 1 aromatic heterocycles. The summed E-state index contributed by atoms with van der Waals surface area (Å²) in [5, 5.41) is 12.1. The Morgan fingerprint density at radius 2 is 2.00 bits per heavy atom. The van der Waals surface area contributed by atoms with Crippen LogP contribution in [-0.2, 0) is 16.1 Å². The number of hydrogen-bond donors (Lipinski definition) is 2. The molecule has 2 aromatic rings. The molecule has 0 bridgehead atoms. The van der Waals surface area contributed by atoms with Gasteiger partial charge in [0, 0.05) is 12.6 Å². The van der Waals surface area contributed by atoms with E-state index in [0.29, 0.717) is 30.8 Å². The second-order valence-electron chi connectivity index (χ2n) is 7.88. The van der Waals surface area contributed by atoms with Crippen LogP contribution in [-0.4, -0.2) is 51.9 Å². The Bertz CT molecular complexity index is 886. The van der Waals surface area contributed by atoms with E-state index in [1.54, 1.807) is 18.3 Å². The number of urea groups is 1. The lowest BCUT2D eigenvalue weighted by Crippen LogP contribution is -2.46. The summed E-state index contributed by atoms with van der Waals surface area (Å²) in [5.74, 6) is -0.561. The molecular weight excluding hydrogens is 453 g/mol. The summed E-state index contributed by atoms with van der Waals surface area (Å²) in [4.78, 5) is 29.8. The van der Waals surface area contributed by atoms with Crippen molar-refractivity contribution < 1.29 is 23.8 Å². The van der Waals surface area contributed by atoms with E-state index in [1.165, 1.54) is 35.2 Å². The van der Waals surface area contributed by atoms with Crippen LogP contribution in [0.3, 0.4) is 0 Å². The zero-order valence-corrected chi connectivity index (χ0v) is 19.6. The van der Waals surface area contributed by atoms with Gasteiger partial charge < -0.3 is 14.7 Å². The predicted molar refractivity (Wildman–Crippen MR) is 124 cm³/mol. The van der Waals surface area contributed by atoms with Gasteiger partial charge in [0.1, 0.15) is 5.82 Å². The molecule has 10 heteroatoms. The molecule has 2 N–H and O–H groups in total. The number of nitrogens with one attached hydrogen (secondary N) is 1. The van der Waals surface area contributed by atoms with Gasteiger partial charge in [-0.15, -0.1) is 11.8 Å². The molecule has 0 spiro atoms. The number of ether oxygens (including phenoxy) is 1. The van der Waals surface area contributed by atoms with Gasteiger partial charge in [-0.05, 0) is 49.3 Å². The minimum absolute atomic E-state index is 0.0483. The highest BCUT2D eigenvalue weighted by molar-refractivity contribution is 8.01. The molecule has 1 aliphatic rings. The topological polar surface area (TPSA) is 91.8 Å². The van der Waals surface area contributed by atoms with Crippen molar-refractivity contribution >= 4 is 40.2 Å². The number of carbonyl (C=O) groups excluding carboxylic acids is 1. The molecule has 3 rings (SSSR count). The van der Waals surface area contributed by atoms with Crippen LogP contribution >= 0.6 is 23.1 Å². The smallest absolute Gasteiger partial charge is 0.323 e. The number of rotatable bonds is 10. The Morgan fingerprint density at radius 1 is 1.28 bits per heavy atom. The second-order valence-corrected chi connectivity index (χ2v) is 10.2. The van der Waals surface area contributed by atoms with Gasteiger partial charge in [0.05, 0.1) is 29.4 Å². The van der Waals surface area contributed by atoms with Crippen LogP contribution in [0.5, 0.6) is 0 Å². The zero-order chi connectivity index (χ0) is 22.9. The Kier molecular flexibility index (Phi) is 9.31. The van der Waals surface area contributed by atoms with E-state index in [4.69, 9.17) is 9.84 Å². The minimum atomic E-state index is -0.896. The number of carbonyl (C=O) groups is 2. The molecule has 1 fully saturated rings. The molecule has 1 heterocycles. The van der Waals surface area contributed by atoms with Gasteiger partial charge in [-0.1, -0.05) is 30.4 Å². The van der Waals surface area contributed by atoms with Gasteiger partial charge in [0.25, 0.3) is 0 Å². The fourth-order valence-corrected chi connectivity index (χ4v) is 5.20. The van der Waals surface area contributed by atoms with Gasteiger partial charge in [0.15, 0.2) is 5.13 Å². The van der Waals surface area contributed by atoms with Crippen molar-refractivity contribution in [1.82, 2.24) is 9.88 Å². The first-order chi connectivity index (χ1) is 15.4. The Balaban J connectivity index is 1.55. The third-order valence-electron chi connectivity index (χ3n) is 5.38. The maximum Gasteiger partial charge on any atom is 0.323 e. The van der Waals surface area contributed by atoms with Crippen molar-refractivity contribution in [2.75, 3.05) is 24.2 Å². The number of anilines is 1. The van der Waals surface area contributed by atoms with E-state index in [1.807, 2.05) is 4.90 Å². The Morgan fingerprint density at radius 3 is 2.69 bits per heavy atom. The third-order valence-corrected chi connectivity index (χ3v) is 7.47. The summed E-state index contributed by atoms with van der Waals surface area (Å²) >= 11 is 2.44. The number of hydrogen-bond acceptors (Lipinski definition) is 6. The SMILES string of the molecule is C[C@H]1CC[C@H](N(CCOCc2ccc(F)cc2)C(=O)Nc2ncc(SCC(=O)O)s2)CC1. The minimum Gasteiger partial charge on any atom is -0.481 e. The summed E-state index contributed by atoms with van der Waals surface area (Å²) in [7, 11) is 0. The number of halogens is 1. The summed E-state index contributed by atoms with van der Waals surface area (Å²) < 4.78 is 19.5. The fourth-order valence-electron chi connectivity index (χ4n) is 3.62. The molecule has 7 nitrogen and oxygen atoms in total. The van der Waals surface area contributed by atoms with E-state index in [-0.39, 0.29) is 23.6 Å². The molecule has 2 amide bonds. The van der Waals surface area contributed by atoms with Crippen LogP contribution in [0, 0.1) is 11.7 Å². The van der Waals surface area contributed by atoms with E-state index in [9.17, 15) is 14.0 Å². The van der Waals surface area contributed by atoms with Crippen molar-refractivity contribution in [3.05, 3.63) is 41.8 Å². The van der Waals surface area contributed by atoms with Gasteiger partial charge in [0.2, 0.25) is 0 Å². The van der Waals surface area contributed by atoms with E-state index < -0.39 is 5.97 Å². The van der Waals surface area contributed by atoms with Crippen LogP contribution in [0.15, 0.2) is 34.7 Å². The number of nitrogens with zero attached hydrogens (tertiary/aromatic N) is 2. The highest BCUT2D eigenvalue weighted by atomic mass is 32.2. The van der Waals surface area contributed by atoms with Crippen LogP contribution in [0.1, 0.15) is 38.2 Å². The van der Waals surface area contributed by atoms with Gasteiger partial charge in [-0.2, -0.15) is 0 Å². The highest BCUT2D eigenvalue weighted by Gasteiger charge is 2.28. The molecule has 1 aliphatic carbocycles. The molecule has 0 saturated heterocycles. The molecular formula is C22H28FN3O4S2. The van der Waals surface area contributed by atoms with Crippen molar-refractivity contribution in [2.24, 2.45) is 5.92 Å². The van der Waals surface area contributed by atoms with Crippen LogP contribution < -0.4 is 5.32 Å². The zero-order valence-electron chi connectivity index (χ0n) is 18.0. The molecule has 32 heavy (non-hydrogen) atoms. The maximum atomic E-state index is 13.1. The van der Waals surface area contributed by atoms with Crippen molar-refractivity contribution in [3.8, 4) is 0 Å². The monoisotopic (exact) mass is 481 g/mol. The van der Waals surface area contributed by atoms with E-state index in [0.717, 1.165) is 35.5 Å². The lowest BCUT2D eigenvalue weighted by molar-refractivity contribution is -0.133. The van der Waals surface area contributed by atoms with Gasteiger partial charge >= 0.3 is 12.0 Å². The number of benzene rings is 1. The van der Waals surface area contributed by atoms with Crippen LogP contribution in [0.2, 0.25) is 0 Å². The summed E-state index contributed by atoms with van der Waals surface area (Å²) in [6.45, 7) is 3.40. The molecule has 0 atom stereocenters. The summed E-state index contributed by atoms with van der Waals surface area (Å²) in [6, 6.07) is 6.09. The van der Waals surface area contributed by atoms with Crippen molar-refractivity contribution in [1.29, 1.82) is 0 Å². The average molecular weight is 482 g/mol. The predicted octanol–water partition coefficient (Wildman–Crippen LogP) is 5.09. The third kappa shape index (κ3) is 7.75. The molecule has 0 radical (unpaired) electrons. The summed E-state index contributed by atoms with van der Waals surface area (Å²) in [5.41, 5.74) is 0.878. The van der Waals surface area contributed by atoms with Crippen LogP contribution in [0.25, 0.3) is 0 Å². The molecule has 0 unspecified atom stereocenters. The normalized spacial score (nSPS) is 18.3. The number of aromatic nitrogens is 1. The lowest BCUT2D eigenvalue weighted by atomic mass is 9.86. The first-order valence-electron chi connectivity index (χ1n) is 10.6. The molecule has 174 valence electrons. The summed E-state index contributed by atoms with van der Waals surface area (Å²) in [6.07, 6.45) is 5.64. The number of carboxylic acid groups (broad SMARTS) is 1. The number of carboxylic acids is 1. The van der Waals surface area contributed by atoms with Crippen molar-refractivity contribution in [2.45, 2.75) is 49.5 Å². The van der Waals surface area contributed by atoms with Crippen LogP contribution in [0.4, 0.5) is 14.3 Å². The average Bonchev–Trinajstić information content (AvgIpc) is 3.21. The molecule has 0 aliphatic heterocycles. The first-order valence-corrected chi connectivity index (χ1v) is 12.4. The number of thiazole rings is 1. The lowest BCUT2D eigenvalue weighted by Gasteiger charge is -2.36. The Hall–Kier alpha value is -2.17. The number of thioether (sulfide) groups is 1. The van der Waals surface area contributed by atoms with E-state index in [2.05, 4.69) is 17.2 Å². The number of aliphatic carboxylic acids is 1. The fraction of sp³-hybridized carbons (Fsp3) is 0.500. The second kappa shape index (κ2) is 12.2. The van der Waals surface area contributed by atoms with E-state index >= 15 is 0 Å². The van der Waals surface area contributed by atoms with Gasteiger partial charge in [-0.3, -0.25) is 10.1 Å². The number of amides is 2.